The first-order valence-electron chi connectivity index (χ1n) is 14.1. The Balaban J connectivity index is 1.37. The second kappa shape index (κ2) is 11.1. The molecule has 0 spiro atoms. The van der Waals surface area contributed by atoms with Crippen molar-refractivity contribution in [2.75, 3.05) is 4.90 Å². The average Bonchev–Trinajstić information content (AvgIpc) is 3.56. The van der Waals surface area contributed by atoms with E-state index in [2.05, 4.69) is 4.98 Å². The van der Waals surface area contributed by atoms with Gasteiger partial charge in [-0.3, -0.25) is 9.59 Å². The Labute approximate surface area is 254 Å². The zero-order chi connectivity index (χ0) is 31.3. The Morgan fingerprint density at radius 2 is 1.55 bits per heavy atom. The number of anilines is 1. The molecule has 2 heterocycles. The molecule has 1 aromatic heterocycles. The van der Waals surface area contributed by atoms with E-state index in [1.807, 2.05) is 44.2 Å². The molecule has 0 aliphatic carbocycles. The molecule has 10 heteroatoms. The smallest absolute Gasteiger partial charge is 0.252 e. The molecule has 1 aliphatic heterocycles. The number of hydrogen-bond acceptors (Lipinski definition) is 6. The number of carbonyl (C=O) groups excluding carboxylic acids is 2. The van der Waals surface area contributed by atoms with Crippen LogP contribution < -0.4 is 4.90 Å². The standard InChI is InChI=1S/C34H30FN3O5S/c1-20-17-21(2)23(4)32(22(20)3)44(41,42)37(19-24-9-13-26(35)14-10-24)29-18-31(39)38(34(29)40)27-15-11-25(12-16-27)33-36-28-7-5-6-8-30(28)43-33/h5-17,29H,18-19H2,1-4H3. The number of carbonyl (C=O) groups is 2. The molecule has 4 aromatic carbocycles. The van der Waals surface area contributed by atoms with Crippen molar-refractivity contribution in [1.29, 1.82) is 0 Å². The number of imide groups is 1. The highest BCUT2D eigenvalue weighted by Gasteiger charge is 2.47. The van der Waals surface area contributed by atoms with Gasteiger partial charge in [0, 0.05) is 12.1 Å². The number of oxazole rings is 1. The summed E-state index contributed by atoms with van der Waals surface area (Å²) in [6, 6.07) is 20.0. The molecule has 5 aromatic rings. The third-order valence-electron chi connectivity index (χ3n) is 8.25. The Bertz CT molecular complexity index is 1980. The summed E-state index contributed by atoms with van der Waals surface area (Å²) in [5, 5.41) is 0. The van der Waals surface area contributed by atoms with Crippen LogP contribution in [0.3, 0.4) is 0 Å². The van der Waals surface area contributed by atoms with Crippen molar-refractivity contribution in [3.63, 3.8) is 0 Å². The van der Waals surface area contributed by atoms with Gasteiger partial charge in [0.25, 0.3) is 5.91 Å². The van der Waals surface area contributed by atoms with E-state index in [0.717, 1.165) is 20.3 Å². The summed E-state index contributed by atoms with van der Waals surface area (Å²) in [7, 11) is -4.30. The number of halogens is 1. The summed E-state index contributed by atoms with van der Waals surface area (Å²) in [5.74, 6) is -1.26. The predicted octanol–water partition coefficient (Wildman–Crippen LogP) is 6.39. The van der Waals surface area contributed by atoms with Crippen molar-refractivity contribution < 1.29 is 26.8 Å². The van der Waals surface area contributed by atoms with Crippen LogP contribution in [0.15, 0.2) is 88.2 Å². The molecule has 1 fully saturated rings. The number of fused-ring (bicyclic) bond motifs is 1. The first-order chi connectivity index (χ1) is 21.0. The summed E-state index contributed by atoms with van der Waals surface area (Å²) in [6.45, 7) is 6.92. The molecule has 1 atom stereocenters. The van der Waals surface area contributed by atoms with Crippen LogP contribution in [-0.4, -0.2) is 35.6 Å². The van der Waals surface area contributed by atoms with Crippen molar-refractivity contribution in [3.05, 3.63) is 112 Å². The minimum absolute atomic E-state index is 0.110. The molecule has 0 N–H and O–H groups in total. The van der Waals surface area contributed by atoms with Gasteiger partial charge in [0.2, 0.25) is 21.8 Å². The van der Waals surface area contributed by atoms with Crippen LogP contribution in [0.2, 0.25) is 0 Å². The second-order valence-corrected chi connectivity index (χ2v) is 12.9. The number of benzene rings is 4. The van der Waals surface area contributed by atoms with Crippen molar-refractivity contribution in [2.24, 2.45) is 0 Å². The van der Waals surface area contributed by atoms with Crippen LogP contribution >= 0.6 is 0 Å². The topological polar surface area (TPSA) is 101 Å². The van der Waals surface area contributed by atoms with Gasteiger partial charge in [0.05, 0.1) is 17.0 Å². The van der Waals surface area contributed by atoms with Crippen LogP contribution in [0, 0.1) is 33.5 Å². The molecule has 1 saturated heterocycles. The Morgan fingerprint density at radius 1 is 0.909 bits per heavy atom. The van der Waals surface area contributed by atoms with Crippen LogP contribution in [0.4, 0.5) is 10.1 Å². The van der Waals surface area contributed by atoms with Gasteiger partial charge in [0.15, 0.2) is 5.58 Å². The Morgan fingerprint density at radius 3 is 2.18 bits per heavy atom. The first-order valence-corrected chi connectivity index (χ1v) is 15.6. The molecule has 0 saturated carbocycles. The molecule has 1 unspecified atom stereocenters. The fourth-order valence-corrected chi connectivity index (χ4v) is 7.83. The molecule has 1 aliphatic rings. The van der Waals surface area contributed by atoms with Crippen LogP contribution in [0.5, 0.6) is 0 Å². The second-order valence-electron chi connectivity index (χ2n) is 11.1. The number of para-hydroxylation sites is 2. The SMILES string of the molecule is Cc1cc(C)c(C)c(S(=O)(=O)N(Cc2ccc(F)cc2)C2CC(=O)N(c3ccc(-c4nc5ccccc5o4)cc3)C2=O)c1C. The van der Waals surface area contributed by atoms with E-state index in [-0.39, 0.29) is 17.9 Å². The van der Waals surface area contributed by atoms with Gasteiger partial charge in [-0.05, 0) is 104 Å². The van der Waals surface area contributed by atoms with Gasteiger partial charge in [0.1, 0.15) is 17.4 Å². The van der Waals surface area contributed by atoms with Gasteiger partial charge in [-0.15, -0.1) is 0 Å². The molecule has 224 valence electrons. The number of hydrogen-bond donors (Lipinski definition) is 0. The van der Waals surface area contributed by atoms with E-state index >= 15 is 0 Å². The maximum atomic E-state index is 14.5. The molecule has 44 heavy (non-hydrogen) atoms. The highest BCUT2D eigenvalue weighted by atomic mass is 32.2. The van der Waals surface area contributed by atoms with E-state index in [9.17, 15) is 22.4 Å². The number of amides is 2. The minimum Gasteiger partial charge on any atom is -0.436 e. The van der Waals surface area contributed by atoms with Crippen molar-refractivity contribution >= 4 is 38.6 Å². The van der Waals surface area contributed by atoms with E-state index in [4.69, 9.17) is 4.42 Å². The van der Waals surface area contributed by atoms with Crippen molar-refractivity contribution in [2.45, 2.75) is 51.6 Å². The molecule has 8 nitrogen and oxygen atoms in total. The van der Waals surface area contributed by atoms with E-state index in [1.54, 1.807) is 38.1 Å². The number of nitrogens with zero attached hydrogens (tertiary/aromatic N) is 3. The lowest BCUT2D eigenvalue weighted by molar-refractivity contribution is -0.122. The Hall–Kier alpha value is -4.67. The number of aryl methyl sites for hydroxylation is 2. The monoisotopic (exact) mass is 611 g/mol. The molecule has 2 amide bonds. The lowest BCUT2D eigenvalue weighted by atomic mass is 10.0. The lowest BCUT2D eigenvalue weighted by Crippen LogP contribution is -2.45. The average molecular weight is 612 g/mol. The number of rotatable bonds is 7. The fraction of sp³-hybridized carbons (Fsp3) is 0.206. The summed E-state index contributed by atoms with van der Waals surface area (Å²) in [5.41, 5.74) is 5.51. The largest absolute Gasteiger partial charge is 0.436 e. The zero-order valence-electron chi connectivity index (χ0n) is 24.7. The quantitative estimate of drug-likeness (QED) is 0.198. The summed E-state index contributed by atoms with van der Waals surface area (Å²) in [4.78, 5) is 33.0. The third kappa shape index (κ3) is 5.10. The van der Waals surface area contributed by atoms with Crippen LogP contribution in [-0.2, 0) is 26.2 Å². The summed E-state index contributed by atoms with van der Waals surface area (Å²) >= 11 is 0. The van der Waals surface area contributed by atoms with Gasteiger partial charge in [-0.2, -0.15) is 4.31 Å². The number of sulfonamides is 1. The molecule has 0 bridgehead atoms. The zero-order valence-corrected chi connectivity index (χ0v) is 25.5. The van der Waals surface area contributed by atoms with Crippen LogP contribution in [0.25, 0.3) is 22.6 Å². The summed E-state index contributed by atoms with van der Waals surface area (Å²) in [6.07, 6.45) is -0.338. The molecule has 6 rings (SSSR count). The third-order valence-corrected chi connectivity index (χ3v) is 10.4. The van der Waals surface area contributed by atoms with Crippen LogP contribution in [0.1, 0.15) is 34.2 Å². The molecule has 0 radical (unpaired) electrons. The van der Waals surface area contributed by atoms with E-state index in [0.29, 0.717) is 44.9 Å². The van der Waals surface area contributed by atoms with E-state index < -0.39 is 33.7 Å². The maximum Gasteiger partial charge on any atom is 0.252 e. The van der Waals surface area contributed by atoms with Gasteiger partial charge in [-0.25, -0.2) is 22.7 Å². The normalized spacial score (nSPS) is 15.6. The van der Waals surface area contributed by atoms with Crippen molar-refractivity contribution in [3.8, 4) is 11.5 Å². The number of aromatic nitrogens is 1. The fourth-order valence-electron chi connectivity index (χ4n) is 5.68. The highest BCUT2D eigenvalue weighted by Crippen LogP contribution is 2.35. The molecular formula is C34H30FN3O5S. The summed E-state index contributed by atoms with van der Waals surface area (Å²) < 4.78 is 49.6. The predicted molar refractivity (Wildman–Crippen MR) is 165 cm³/mol. The maximum absolute atomic E-state index is 14.5. The lowest BCUT2D eigenvalue weighted by Gasteiger charge is -2.29. The van der Waals surface area contributed by atoms with Gasteiger partial charge >= 0.3 is 0 Å². The Kier molecular flexibility index (Phi) is 7.43. The van der Waals surface area contributed by atoms with E-state index in [1.165, 1.54) is 24.3 Å². The first kappa shape index (κ1) is 29.4. The minimum atomic E-state index is -4.30. The molecular weight excluding hydrogens is 581 g/mol. The van der Waals surface area contributed by atoms with Gasteiger partial charge < -0.3 is 4.42 Å². The van der Waals surface area contributed by atoms with Crippen molar-refractivity contribution in [1.82, 2.24) is 9.29 Å². The highest BCUT2D eigenvalue weighted by molar-refractivity contribution is 7.89. The van der Waals surface area contributed by atoms with Gasteiger partial charge in [-0.1, -0.05) is 30.3 Å².